The highest BCUT2D eigenvalue weighted by Crippen LogP contribution is 2.37. The summed E-state index contributed by atoms with van der Waals surface area (Å²) in [7, 11) is 0. The van der Waals surface area contributed by atoms with Crippen LogP contribution < -0.4 is 10.2 Å². The maximum atomic E-state index is 16.2. The van der Waals surface area contributed by atoms with Crippen LogP contribution in [0.25, 0.3) is 22.2 Å². The molecule has 1 aromatic carbocycles. The zero-order valence-corrected chi connectivity index (χ0v) is 26.2. The van der Waals surface area contributed by atoms with Gasteiger partial charge >= 0.3 is 0 Å². The second-order valence-electron chi connectivity index (χ2n) is 12.7. The van der Waals surface area contributed by atoms with Crippen LogP contribution in [0.4, 0.5) is 14.6 Å². The molecule has 6 nitrogen and oxygen atoms in total. The fraction of sp³-hybridized carbons (Fsp3) is 0.559. The van der Waals surface area contributed by atoms with Crippen molar-refractivity contribution in [2.75, 3.05) is 37.6 Å². The molecule has 0 radical (unpaired) electrons. The third kappa shape index (κ3) is 6.51. The van der Waals surface area contributed by atoms with E-state index in [1.165, 1.54) is 19.3 Å². The van der Waals surface area contributed by atoms with Gasteiger partial charge in [-0.25, -0.2) is 18.7 Å². The number of hydrogen-bond acceptors (Lipinski definition) is 6. The smallest absolute Gasteiger partial charge is 0.175 e. The SMILES string of the molecule is C=C1CCc2c(Cl)cc(C)cc2-c2ncc3c(nc(CC)nc3c2F)N2CCCC(CCN1)C2.FC1CC2CCCN2C1. The number of anilines is 1. The van der Waals surface area contributed by atoms with E-state index in [1.807, 2.05) is 26.0 Å². The maximum Gasteiger partial charge on any atom is 0.175 e. The van der Waals surface area contributed by atoms with Crippen molar-refractivity contribution in [3.05, 3.63) is 58.4 Å². The van der Waals surface area contributed by atoms with Crippen LogP contribution in [0, 0.1) is 18.7 Å². The minimum absolute atomic E-state index is 0.294. The van der Waals surface area contributed by atoms with Crippen molar-refractivity contribution in [2.24, 2.45) is 5.92 Å². The monoisotopic (exact) mass is 608 g/mol. The molecule has 3 aromatic rings. The first-order valence-corrected chi connectivity index (χ1v) is 16.4. The summed E-state index contributed by atoms with van der Waals surface area (Å²) in [4.78, 5) is 18.7. The lowest BCUT2D eigenvalue weighted by molar-refractivity contribution is 0.292. The molecule has 8 rings (SSSR count). The highest BCUT2D eigenvalue weighted by molar-refractivity contribution is 6.31. The first kappa shape index (κ1) is 30.2. The Morgan fingerprint density at radius 2 is 1.93 bits per heavy atom. The lowest BCUT2D eigenvalue weighted by atomic mass is 9.94. The predicted molar refractivity (Wildman–Crippen MR) is 171 cm³/mol. The lowest BCUT2D eigenvalue weighted by Gasteiger charge is -2.34. The number of fused-ring (bicyclic) bond motifs is 7. The second kappa shape index (κ2) is 13.0. The topological polar surface area (TPSA) is 57.2 Å². The van der Waals surface area contributed by atoms with Crippen LogP contribution in [0.3, 0.4) is 0 Å². The molecule has 0 saturated carbocycles. The van der Waals surface area contributed by atoms with Gasteiger partial charge in [0.1, 0.15) is 29.0 Å². The molecule has 9 heteroatoms. The lowest BCUT2D eigenvalue weighted by Crippen LogP contribution is -2.37. The van der Waals surface area contributed by atoms with Crippen molar-refractivity contribution in [3.8, 4) is 11.3 Å². The van der Waals surface area contributed by atoms with E-state index in [0.717, 1.165) is 80.1 Å². The van der Waals surface area contributed by atoms with E-state index in [-0.39, 0.29) is 0 Å². The number of aromatic nitrogens is 3. The number of alkyl halides is 1. The van der Waals surface area contributed by atoms with Crippen LogP contribution in [0.15, 0.2) is 30.6 Å². The minimum Gasteiger partial charge on any atom is -0.389 e. The Balaban J connectivity index is 0.000000310. The molecular formula is C34H43ClF2N6. The molecule has 3 unspecified atom stereocenters. The highest BCUT2D eigenvalue weighted by Gasteiger charge is 2.34. The molecule has 5 aliphatic rings. The van der Waals surface area contributed by atoms with Crippen molar-refractivity contribution >= 4 is 28.3 Å². The van der Waals surface area contributed by atoms with E-state index in [0.29, 0.717) is 58.8 Å². The predicted octanol–water partition coefficient (Wildman–Crippen LogP) is 7.20. The molecule has 6 bridgehead atoms. The molecule has 43 heavy (non-hydrogen) atoms. The van der Waals surface area contributed by atoms with Gasteiger partial charge in [-0.3, -0.25) is 9.88 Å². The normalized spacial score (nSPS) is 24.1. The zero-order valence-electron chi connectivity index (χ0n) is 25.4. The van der Waals surface area contributed by atoms with Crippen LogP contribution in [-0.2, 0) is 12.8 Å². The summed E-state index contributed by atoms with van der Waals surface area (Å²) < 4.78 is 28.8. The van der Waals surface area contributed by atoms with Crippen LogP contribution in [0.5, 0.6) is 0 Å². The molecule has 230 valence electrons. The number of allylic oxidation sites excluding steroid dienone is 1. The summed E-state index contributed by atoms with van der Waals surface area (Å²) in [6.07, 6.45) is 9.94. The number of pyridine rings is 1. The van der Waals surface area contributed by atoms with Crippen LogP contribution in [0.1, 0.15) is 68.8 Å². The Labute approximate surface area is 258 Å². The van der Waals surface area contributed by atoms with E-state index >= 15 is 4.39 Å². The average Bonchev–Trinajstić information content (AvgIpc) is 3.57. The molecular weight excluding hydrogens is 566 g/mol. The molecule has 3 saturated heterocycles. The Bertz CT molecular complexity index is 1480. The molecule has 0 spiro atoms. The fourth-order valence-electron chi connectivity index (χ4n) is 7.25. The number of hydrogen-bond donors (Lipinski definition) is 1. The van der Waals surface area contributed by atoms with E-state index in [4.69, 9.17) is 16.6 Å². The molecule has 3 atom stereocenters. The molecule has 2 aromatic heterocycles. The van der Waals surface area contributed by atoms with Gasteiger partial charge in [-0.1, -0.05) is 25.1 Å². The van der Waals surface area contributed by atoms with E-state index < -0.39 is 12.0 Å². The fourth-order valence-corrected chi connectivity index (χ4v) is 7.62. The van der Waals surface area contributed by atoms with Crippen molar-refractivity contribution < 1.29 is 8.78 Å². The summed E-state index contributed by atoms with van der Waals surface area (Å²) in [6.45, 7) is 12.8. The second-order valence-corrected chi connectivity index (χ2v) is 13.1. The summed E-state index contributed by atoms with van der Waals surface area (Å²) in [5, 5.41) is 4.81. The number of rotatable bonds is 1. The molecule has 0 aliphatic carbocycles. The summed E-state index contributed by atoms with van der Waals surface area (Å²) in [6, 6.07) is 4.51. The Kier molecular flexibility index (Phi) is 9.15. The average molecular weight is 609 g/mol. The Morgan fingerprint density at radius 1 is 1.09 bits per heavy atom. The number of halogens is 3. The van der Waals surface area contributed by atoms with Gasteiger partial charge in [0, 0.05) is 61.1 Å². The largest absolute Gasteiger partial charge is 0.389 e. The number of nitrogens with zero attached hydrogens (tertiary/aromatic N) is 5. The molecule has 5 aliphatic heterocycles. The molecule has 7 heterocycles. The number of benzene rings is 1. The summed E-state index contributed by atoms with van der Waals surface area (Å²) in [5.41, 5.74) is 4.19. The van der Waals surface area contributed by atoms with Crippen LogP contribution >= 0.6 is 11.6 Å². The number of nitrogens with one attached hydrogen (secondary N) is 1. The van der Waals surface area contributed by atoms with Gasteiger partial charge in [0.15, 0.2) is 5.82 Å². The summed E-state index contributed by atoms with van der Waals surface area (Å²) >= 11 is 6.68. The number of piperidine rings is 1. The van der Waals surface area contributed by atoms with Crippen LogP contribution in [0.2, 0.25) is 5.02 Å². The van der Waals surface area contributed by atoms with E-state index in [2.05, 4.69) is 31.7 Å². The molecule has 3 fully saturated rings. The highest BCUT2D eigenvalue weighted by atomic mass is 35.5. The Hall–Kier alpha value is -2.84. The van der Waals surface area contributed by atoms with Crippen molar-refractivity contribution in [2.45, 2.75) is 83.8 Å². The van der Waals surface area contributed by atoms with Crippen molar-refractivity contribution in [1.82, 2.24) is 25.2 Å². The van der Waals surface area contributed by atoms with Crippen LogP contribution in [-0.4, -0.2) is 64.8 Å². The zero-order chi connectivity index (χ0) is 30.1. The number of aryl methyl sites for hydroxylation is 2. The van der Waals surface area contributed by atoms with Gasteiger partial charge in [0.2, 0.25) is 0 Å². The van der Waals surface area contributed by atoms with E-state index in [9.17, 15) is 4.39 Å². The van der Waals surface area contributed by atoms with Gasteiger partial charge in [-0.05, 0) is 94.0 Å². The van der Waals surface area contributed by atoms with Gasteiger partial charge in [-0.15, -0.1) is 0 Å². The molecule has 1 N–H and O–H groups in total. The van der Waals surface area contributed by atoms with Gasteiger partial charge in [0.05, 0.1) is 5.39 Å². The van der Waals surface area contributed by atoms with Crippen molar-refractivity contribution in [3.63, 3.8) is 0 Å². The van der Waals surface area contributed by atoms with Gasteiger partial charge in [-0.2, -0.15) is 0 Å². The van der Waals surface area contributed by atoms with Crippen molar-refractivity contribution in [1.29, 1.82) is 0 Å². The summed E-state index contributed by atoms with van der Waals surface area (Å²) in [5.74, 6) is 1.60. The maximum absolute atomic E-state index is 16.2. The minimum atomic E-state index is -0.518. The standard InChI is InChI=1S/C27H31ClFN5.C7H12FN/c1-4-23-32-26-21-14-31-25(24(26)29)20-12-16(2)13-22(28)19(20)8-7-17(3)30-10-9-18-6-5-11-34(15-18)27(21)33-23;8-6-4-7-2-1-3-9(7)5-6/h12-14,18,30H,3-11,15H2,1-2H3;6-7H,1-5H2. The third-order valence-electron chi connectivity index (χ3n) is 9.50. The molecule has 0 amide bonds. The van der Waals surface area contributed by atoms with E-state index in [1.54, 1.807) is 6.20 Å². The first-order valence-electron chi connectivity index (χ1n) is 16.0. The first-order chi connectivity index (χ1) is 20.8. The van der Waals surface area contributed by atoms with Gasteiger partial charge in [0.25, 0.3) is 0 Å². The quantitative estimate of drug-likeness (QED) is 0.315. The third-order valence-corrected chi connectivity index (χ3v) is 9.84. The Morgan fingerprint density at radius 3 is 2.74 bits per heavy atom. The van der Waals surface area contributed by atoms with Gasteiger partial charge < -0.3 is 10.2 Å².